The number of ether oxygens (including phenoxy) is 3. The van der Waals surface area contributed by atoms with Crippen molar-refractivity contribution in [3.8, 4) is 17.2 Å². The Morgan fingerprint density at radius 2 is 1.85 bits per heavy atom. The second-order valence-corrected chi connectivity index (χ2v) is 5.38. The molecule has 140 valence electrons. The number of benzene rings is 2. The van der Waals surface area contributed by atoms with Gasteiger partial charge in [0.05, 0.1) is 14.2 Å². The number of nitrogens with zero attached hydrogens (tertiary/aromatic N) is 1. The van der Waals surface area contributed by atoms with E-state index in [0.29, 0.717) is 23.7 Å². The van der Waals surface area contributed by atoms with Crippen molar-refractivity contribution in [1.29, 1.82) is 0 Å². The fraction of sp³-hybridized carbons (Fsp3) is 0.278. The molecule has 8 heteroatoms. The predicted octanol–water partition coefficient (Wildman–Crippen LogP) is 3.97. The molecule has 0 aliphatic rings. The molecule has 0 heterocycles. The van der Waals surface area contributed by atoms with Crippen molar-refractivity contribution in [2.75, 3.05) is 26.6 Å². The molecule has 0 saturated carbocycles. The highest BCUT2D eigenvalue weighted by Gasteiger charge is 2.12. The number of anilines is 1. The molecule has 0 atom stereocenters. The monoisotopic (exact) mass is 366 g/mol. The molecule has 26 heavy (non-hydrogen) atoms. The molecule has 0 saturated heterocycles. The van der Waals surface area contributed by atoms with Gasteiger partial charge in [-0.3, -0.25) is 0 Å². The molecule has 6 nitrogen and oxygen atoms in total. The van der Waals surface area contributed by atoms with Crippen molar-refractivity contribution >= 4 is 11.7 Å². The molecule has 0 spiro atoms. The lowest BCUT2D eigenvalue weighted by Crippen LogP contribution is -2.30. The molecule has 2 amide bonds. The zero-order valence-electron chi connectivity index (χ0n) is 14.7. The summed E-state index contributed by atoms with van der Waals surface area (Å²) in [5.74, 6) is 1.13. The van der Waals surface area contributed by atoms with Crippen molar-refractivity contribution in [3.05, 3.63) is 48.0 Å². The summed E-state index contributed by atoms with van der Waals surface area (Å²) < 4.78 is 39.3. The Labute approximate surface area is 150 Å². The highest BCUT2D eigenvalue weighted by atomic mass is 19.3. The maximum absolute atomic E-state index is 12.3. The number of carbonyl (C=O) groups excluding carboxylic acids is 1. The minimum atomic E-state index is -2.92. The van der Waals surface area contributed by atoms with Crippen molar-refractivity contribution in [2.45, 2.75) is 13.2 Å². The van der Waals surface area contributed by atoms with Crippen LogP contribution < -0.4 is 19.5 Å². The van der Waals surface area contributed by atoms with Gasteiger partial charge >= 0.3 is 12.6 Å². The van der Waals surface area contributed by atoms with Crippen molar-refractivity contribution in [2.24, 2.45) is 0 Å². The van der Waals surface area contributed by atoms with E-state index in [1.807, 2.05) is 6.07 Å². The first kappa shape index (κ1) is 19.3. The lowest BCUT2D eigenvalue weighted by atomic mass is 10.2. The zero-order chi connectivity index (χ0) is 19.1. The SMILES string of the molecule is COc1ccc(CN(C)C(=O)Nc2cccc(OC(F)F)c2)cc1OC. The van der Waals surface area contributed by atoms with Crippen LogP contribution in [-0.2, 0) is 6.54 Å². The third-order valence-corrected chi connectivity index (χ3v) is 3.52. The molecule has 2 aromatic rings. The Hall–Kier alpha value is -3.03. The molecule has 0 radical (unpaired) electrons. The second-order valence-electron chi connectivity index (χ2n) is 5.38. The molecular weight excluding hydrogens is 346 g/mol. The lowest BCUT2D eigenvalue weighted by Gasteiger charge is -2.19. The van der Waals surface area contributed by atoms with Crippen LogP contribution in [0, 0.1) is 0 Å². The Bertz CT molecular complexity index is 756. The van der Waals surface area contributed by atoms with E-state index in [0.717, 1.165) is 5.56 Å². The number of hydrogen-bond donors (Lipinski definition) is 1. The highest BCUT2D eigenvalue weighted by Crippen LogP contribution is 2.28. The van der Waals surface area contributed by atoms with E-state index in [2.05, 4.69) is 10.1 Å². The van der Waals surface area contributed by atoms with Crippen molar-refractivity contribution < 1.29 is 27.8 Å². The number of hydrogen-bond acceptors (Lipinski definition) is 4. The number of rotatable bonds is 7. The van der Waals surface area contributed by atoms with Gasteiger partial charge < -0.3 is 24.4 Å². The minimum Gasteiger partial charge on any atom is -0.493 e. The molecule has 0 fully saturated rings. The predicted molar refractivity (Wildman–Crippen MR) is 93.1 cm³/mol. The second kappa shape index (κ2) is 8.89. The minimum absolute atomic E-state index is 0.0275. The number of urea groups is 1. The van der Waals surface area contributed by atoms with E-state index in [1.54, 1.807) is 32.4 Å². The van der Waals surface area contributed by atoms with Crippen molar-refractivity contribution in [3.63, 3.8) is 0 Å². The maximum Gasteiger partial charge on any atom is 0.387 e. The number of methoxy groups -OCH3 is 2. The molecule has 0 unspecified atom stereocenters. The Morgan fingerprint density at radius 3 is 2.50 bits per heavy atom. The number of amides is 2. The molecule has 2 rings (SSSR count). The first-order valence-electron chi connectivity index (χ1n) is 7.71. The maximum atomic E-state index is 12.3. The van der Waals surface area contributed by atoms with Crippen LogP contribution in [0.25, 0.3) is 0 Å². The molecule has 0 bridgehead atoms. The third-order valence-electron chi connectivity index (χ3n) is 3.52. The Balaban J connectivity index is 2.01. The van der Waals surface area contributed by atoms with Gasteiger partial charge in [-0.1, -0.05) is 12.1 Å². The van der Waals surface area contributed by atoms with E-state index in [9.17, 15) is 13.6 Å². The van der Waals surface area contributed by atoms with Crippen LogP contribution in [0.15, 0.2) is 42.5 Å². The average Bonchev–Trinajstić information content (AvgIpc) is 2.61. The van der Waals surface area contributed by atoms with Gasteiger partial charge in [0, 0.05) is 25.3 Å². The molecule has 0 aliphatic carbocycles. The number of halogens is 2. The summed E-state index contributed by atoms with van der Waals surface area (Å²) in [5.41, 5.74) is 1.20. The largest absolute Gasteiger partial charge is 0.493 e. The summed E-state index contributed by atoms with van der Waals surface area (Å²) in [7, 11) is 4.70. The van der Waals surface area contributed by atoms with E-state index in [1.165, 1.54) is 30.2 Å². The number of alkyl halides is 2. The highest BCUT2D eigenvalue weighted by molar-refractivity contribution is 5.89. The van der Waals surface area contributed by atoms with Crippen LogP contribution in [-0.4, -0.2) is 38.8 Å². The summed E-state index contributed by atoms with van der Waals surface area (Å²) in [6, 6.07) is 10.8. The van der Waals surface area contributed by atoms with Crippen LogP contribution in [0.2, 0.25) is 0 Å². The smallest absolute Gasteiger partial charge is 0.387 e. The fourth-order valence-corrected chi connectivity index (χ4v) is 2.29. The topological polar surface area (TPSA) is 60.0 Å². The van der Waals surface area contributed by atoms with Gasteiger partial charge in [0.15, 0.2) is 11.5 Å². The molecule has 0 aromatic heterocycles. The van der Waals surface area contributed by atoms with Crippen LogP contribution in [0.5, 0.6) is 17.2 Å². The number of carbonyl (C=O) groups is 1. The van der Waals surface area contributed by atoms with E-state index in [-0.39, 0.29) is 5.75 Å². The van der Waals surface area contributed by atoms with E-state index in [4.69, 9.17) is 9.47 Å². The lowest BCUT2D eigenvalue weighted by molar-refractivity contribution is -0.0497. The van der Waals surface area contributed by atoms with E-state index < -0.39 is 12.6 Å². The van der Waals surface area contributed by atoms with Gasteiger partial charge in [-0.2, -0.15) is 8.78 Å². The van der Waals surface area contributed by atoms with Gasteiger partial charge in [-0.25, -0.2) is 4.79 Å². The van der Waals surface area contributed by atoms with Crippen LogP contribution in [0.1, 0.15) is 5.56 Å². The summed E-state index contributed by atoms with van der Waals surface area (Å²) in [5, 5.41) is 2.63. The summed E-state index contributed by atoms with van der Waals surface area (Å²) in [4.78, 5) is 13.7. The molecule has 1 N–H and O–H groups in total. The molecule has 0 aliphatic heterocycles. The van der Waals surface area contributed by atoms with Crippen LogP contribution >= 0.6 is 0 Å². The first-order chi connectivity index (χ1) is 12.4. The van der Waals surface area contributed by atoms with Crippen LogP contribution in [0.4, 0.5) is 19.3 Å². The molecular formula is C18H20F2N2O4. The normalized spacial score (nSPS) is 10.4. The van der Waals surface area contributed by atoms with Gasteiger partial charge in [-0.05, 0) is 29.8 Å². The zero-order valence-corrected chi connectivity index (χ0v) is 14.7. The molecule has 2 aromatic carbocycles. The van der Waals surface area contributed by atoms with Gasteiger partial charge in [0.1, 0.15) is 5.75 Å². The standard InChI is InChI=1S/C18H20F2N2O4/c1-22(11-12-7-8-15(24-2)16(9-12)25-3)18(23)21-13-5-4-6-14(10-13)26-17(19)20/h4-10,17H,11H2,1-3H3,(H,21,23). The summed E-state index contributed by atoms with van der Waals surface area (Å²) >= 11 is 0. The Morgan fingerprint density at radius 1 is 1.12 bits per heavy atom. The van der Waals surface area contributed by atoms with Crippen LogP contribution in [0.3, 0.4) is 0 Å². The van der Waals surface area contributed by atoms with E-state index >= 15 is 0 Å². The third kappa shape index (κ3) is 5.23. The van der Waals surface area contributed by atoms with Gasteiger partial charge in [0.2, 0.25) is 0 Å². The van der Waals surface area contributed by atoms with Gasteiger partial charge in [0.25, 0.3) is 0 Å². The van der Waals surface area contributed by atoms with Gasteiger partial charge in [-0.15, -0.1) is 0 Å². The van der Waals surface area contributed by atoms with Crippen molar-refractivity contribution in [1.82, 2.24) is 4.90 Å². The number of nitrogens with one attached hydrogen (secondary N) is 1. The fourth-order valence-electron chi connectivity index (χ4n) is 2.29. The first-order valence-corrected chi connectivity index (χ1v) is 7.71. The Kier molecular flexibility index (Phi) is 6.60. The summed E-state index contributed by atoms with van der Waals surface area (Å²) in [6.45, 7) is -2.60. The summed E-state index contributed by atoms with van der Waals surface area (Å²) in [6.07, 6.45) is 0. The average molecular weight is 366 g/mol. The quantitative estimate of drug-likeness (QED) is 0.806.